The third kappa shape index (κ3) is 5.60. The SMILES string of the molecule is S=c1n(CN2CCOCC2)nc(-c2cncc(N3CCCCCC3)n2)n1CN1CCOCC1. The minimum atomic E-state index is 0.657. The van der Waals surface area contributed by atoms with Gasteiger partial charge in [0, 0.05) is 39.3 Å². The fraction of sp³-hybridized carbons (Fsp3) is 0.727. The molecular formula is C22H34N8O2S. The molecule has 3 aliphatic heterocycles. The van der Waals surface area contributed by atoms with Gasteiger partial charge in [0.1, 0.15) is 11.5 Å². The molecule has 0 unspecified atom stereocenters. The lowest BCUT2D eigenvalue weighted by Crippen LogP contribution is -2.38. The van der Waals surface area contributed by atoms with E-state index in [-0.39, 0.29) is 0 Å². The van der Waals surface area contributed by atoms with E-state index in [1.807, 2.05) is 17.1 Å². The van der Waals surface area contributed by atoms with Crippen molar-refractivity contribution in [2.75, 3.05) is 70.6 Å². The highest BCUT2D eigenvalue weighted by Crippen LogP contribution is 2.22. The van der Waals surface area contributed by atoms with Crippen molar-refractivity contribution in [1.29, 1.82) is 0 Å². The van der Waals surface area contributed by atoms with Gasteiger partial charge >= 0.3 is 0 Å². The van der Waals surface area contributed by atoms with E-state index in [1.165, 1.54) is 25.7 Å². The molecule has 3 saturated heterocycles. The van der Waals surface area contributed by atoms with E-state index in [0.717, 1.165) is 83.0 Å². The van der Waals surface area contributed by atoms with Crippen LogP contribution >= 0.6 is 12.2 Å². The minimum Gasteiger partial charge on any atom is -0.379 e. The summed E-state index contributed by atoms with van der Waals surface area (Å²) in [6.07, 6.45) is 8.66. The second kappa shape index (κ2) is 11.0. The quantitative estimate of drug-likeness (QED) is 0.583. The van der Waals surface area contributed by atoms with Gasteiger partial charge in [-0.05, 0) is 25.1 Å². The van der Waals surface area contributed by atoms with Crippen molar-refractivity contribution in [3.05, 3.63) is 17.2 Å². The predicted octanol–water partition coefficient (Wildman–Crippen LogP) is 1.83. The van der Waals surface area contributed by atoms with Gasteiger partial charge in [0.05, 0.1) is 52.2 Å². The highest BCUT2D eigenvalue weighted by molar-refractivity contribution is 7.71. The summed E-state index contributed by atoms with van der Waals surface area (Å²) in [5, 5.41) is 4.96. The first-order valence-electron chi connectivity index (χ1n) is 12.1. The van der Waals surface area contributed by atoms with Crippen molar-refractivity contribution in [3.8, 4) is 11.5 Å². The number of hydrogen-bond donors (Lipinski definition) is 0. The van der Waals surface area contributed by atoms with Crippen LogP contribution in [0.2, 0.25) is 0 Å². The van der Waals surface area contributed by atoms with Crippen molar-refractivity contribution in [2.45, 2.75) is 39.0 Å². The molecule has 0 aliphatic carbocycles. The summed E-state index contributed by atoms with van der Waals surface area (Å²) in [5.41, 5.74) is 0.775. The van der Waals surface area contributed by atoms with Crippen molar-refractivity contribution in [3.63, 3.8) is 0 Å². The lowest BCUT2D eigenvalue weighted by atomic mass is 10.2. The molecule has 180 valence electrons. The second-order valence-electron chi connectivity index (χ2n) is 8.94. The molecule has 5 heterocycles. The van der Waals surface area contributed by atoms with Crippen LogP contribution in [0.15, 0.2) is 12.4 Å². The lowest BCUT2D eigenvalue weighted by molar-refractivity contribution is 0.0194. The van der Waals surface area contributed by atoms with Crippen molar-refractivity contribution in [1.82, 2.24) is 34.1 Å². The minimum absolute atomic E-state index is 0.657. The molecule has 5 rings (SSSR count). The summed E-state index contributed by atoms with van der Waals surface area (Å²) in [6, 6.07) is 0. The average molecular weight is 475 g/mol. The number of nitrogens with zero attached hydrogens (tertiary/aromatic N) is 8. The molecule has 0 atom stereocenters. The van der Waals surface area contributed by atoms with E-state index >= 15 is 0 Å². The third-order valence-corrected chi connectivity index (χ3v) is 7.02. The molecule has 0 bridgehead atoms. The Bertz CT molecular complexity index is 960. The Morgan fingerprint density at radius 2 is 1.42 bits per heavy atom. The van der Waals surface area contributed by atoms with Crippen molar-refractivity contribution >= 4 is 18.0 Å². The predicted molar refractivity (Wildman–Crippen MR) is 128 cm³/mol. The molecule has 0 amide bonds. The Hall–Kier alpha value is -1.92. The van der Waals surface area contributed by atoms with Crippen LogP contribution in [0.25, 0.3) is 11.5 Å². The molecule has 2 aromatic rings. The Morgan fingerprint density at radius 1 is 0.788 bits per heavy atom. The van der Waals surface area contributed by atoms with Crippen LogP contribution in [0, 0.1) is 4.77 Å². The van der Waals surface area contributed by atoms with E-state index in [0.29, 0.717) is 18.1 Å². The summed E-state index contributed by atoms with van der Waals surface area (Å²) in [5.74, 6) is 1.71. The molecule has 0 radical (unpaired) electrons. The Balaban J connectivity index is 1.46. The summed E-state index contributed by atoms with van der Waals surface area (Å²) in [7, 11) is 0. The molecule has 10 nitrogen and oxygen atoms in total. The first-order chi connectivity index (χ1) is 16.3. The van der Waals surface area contributed by atoms with E-state index in [2.05, 4.69) is 24.3 Å². The maximum Gasteiger partial charge on any atom is 0.200 e. The van der Waals surface area contributed by atoms with Gasteiger partial charge in [-0.25, -0.2) is 9.67 Å². The number of hydrogen-bond acceptors (Lipinski definition) is 9. The lowest BCUT2D eigenvalue weighted by Gasteiger charge is -2.27. The van der Waals surface area contributed by atoms with E-state index in [1.54, 1.807) is 0 Å². The van der Waals surface area contributed by atoms with Gasteiger partial charge in [-0.15, -0.1) is 5.10 Å². The zero-order chi connectivity index (χ0) is 22.5. The number of rotatable bonds is 6. The highest BCUT2D eigenvalue weighted by atomic mass is 32.1. The molecule has 0 spiro atoms. The Labute approximate surface area is 200 Å². The van der Waals surface area contributed by atoms with E-state index in [9.17, 15) is 0 Å². The van der Waals surface area contributed by atoms with Crippen molar-refractivity contribution in [2.24, 2.45) is 0 Å². The average Bonchev–Trinajstić information content (AvgIpc) is 3.03. The molecular weight excluding hydrogens is 440 g/mol. The van der Waals surface area contributed by atoms with Crippen molar-refractivity contribution < 1.29 is 9.47 Å². The third-order valence-electron chi connectivity index (χ3n) is 6.59. The number of aromatic nitrogens is 5. The van der Waals surface area contributed by atoms with Crippen LogP contribution in [0.4, 0.5) is 5.82 Å². The maximum absolute atomic E-state index is 5.91. The molecule has 11 heteroatoms. The standard InChI is InChI=1S/C22H34N8O2S/c33-22-29(17-26-7-11-31-12-8-26)21(25-30(22)18-27-9-13-32-14-10-27)19-15-23-16-20(24-19)28-5-3-1-2-4-6-28/h15-16H,1-14,17-18H2. The number of morpholine rings is 2. The van der Waals surface area contributed by atoms with Crippen LogP contribution in [-0.4, -0.2) is 99.8 Å². The summed E-state index contributed by atoms with van der Waals surface area (Å²) >= 11 is 5.91. The topological polar surface area (TPSA) is 76.7 Å². The van der Waals surface area contributed by atoms with Gasteiger partial charge in [-0.2, -0.15) is 0 Å². The number of ether oxygens (including phenoxy) is 2. The van der Waals surface area contributed by atoms with Gasteiger partial charge in [0.25, 0.3) is 0 Å². The van der Waals surface area contributed by atoms with Crippen LogP contribution in [0.3, 0.4) is 0 Å². The molecule has 0 saturated carbocycles. The van der Waals surface area contributed by atoms with E-state index in [4.69, 9.17) is 31.8 Å². The monoisotopic (exact) mass is 474 g/mol. The molecule has 0 aromatic carbocycles. The highest BCUT2D eigenvalue weighted by Gasteiger charge is 2.21. The summed E-state index contributed by atoms with van der Waals surface area (Å²) in [4.78, 5) is 16.6. The molecule has 33 heavy (non-hydrogen) atoms. The first kappa shape index (κ1) is 22.9. The normalized spacial score (nSPS) is 21.3. The molecule has 3 aliphatic rings. The zero-order valence-electron chi connectivity index (χ0n) is 19.3. The van der Waals surface area contributed by atoms with Crippen LogP contribution in [0.1, 0.15) is 25.7 Å². The van der Waals surface area contributed by atoms with Crippen LogP contribution in [-0.2, 0) is 22.8 Å². The van der Waals surface area contributed by atoms with Gasteiger partial charge in [-0.3, -0.25) is 19.4 Å². The molecule has 0 N–H and O–H groups in total. The van der Waals surface area contributed by atoms with E-state index < -0.39 is 0 Å². The fourth-order valence-corrected chi connectivity index (χ4v) is 4.88. The maximum atomic E-state index is 5.91. The van der Waals surface area contributed by atoms with Crippen LogP contribution < -0.4 is 4.90 Å². The first-order valence-corrected chi connectivity index (χ1v) is 12.5. The largest absolute Gasteiger partial charge is 0.379 e. The smallest absolute Gasteiger partial charge is 0.200 e. The molecule has 3 fully saturated rings. The van der Waals surface area contributed by atoms with Gasteiger partial charge in [0.15, 0.2) is 5.82 Å². The zero-order valence-corrected chi connectivity index (χ0v) is 20.1. The summed E-state index contributed by atoms with van der Waals surface area (Å²) in [6.45, 7) is 9.92. The van der Waals surface area contributed by atoms with Crippen LogP contribution in [0.5, 0.6) is 0 Å². The number of anilines is 1. The van der Waals surface area contributed by atoms with Gasteiger partial charge in [0.2, 0.25) is 4.77 Å². The molecule has 2 aromatic heterocycles. The van der Waals surface area contributed by atoms with Gasteiger partial charge in [-0.1, -0.05) is 12.8 Å². The van der Waals surface area contributed by atoms with Gasteiger partial charge < -0.3 is 14.4 Å². The Morgan fingerprint density at radius 3 is 2.09 bits per heavy atom. The summed E-state index contributed by atoms with van der Waals surface area (Å²) < 4.78 is 15.8. The second-order valence-corrected chi connectivity index (χ2v) is 9.31. The Kier molecular flexibility index (Phi) is 7.62. The fourth-order valence-electron chi connectivity index (χ4n) is 4.64.